The van der Waals surface area contributed by atoms with Crippen LogP contribution in [0.3, 0.4) is 0 Å². The molecular formula is C21H17N5O2. The Kier molecular flexibility index (Phi) is 4.79. The van der Waals surface area contributed by atoms with Gasteiger partial charge in [-0.15, -0.1) is 0 Å². The van der Waals surface area contributed by atoms with E-state index in [2.05, 4.69) is 20.4 Å². The highest BCUT2D eigenvalue weighted by molar-refractivity contribution is 6.04. The topological polar surface area (TPSA) is 84.2 Å². The molecule has 0 fully saturated rings. The number of nitrogens with zero attached hydrogens (tertiary/aromatic N) is 4. The molecule has 1 N–H and O–H groups in total. The van der Waals surface area contributed by atoms with Crippen molar-refractivity contribution in [1.82, 2.24) is 15.1 Å². The number of amides is 1. The third-order valence-electron chi connectivity index (χ3n) is 4.21. The minimum absolute atomic E-state index is 0.243. The highest BCUT2D eigenvalue weighted by Crippen LogP contribution is 2.25. The number of anilines is 3. The zero-order valence-electron chi connectivity index (χ0n) is 15.1. The molecule has 0 saturated carbocycles. The van der Waals surface area contributed by atoms with Gasteiger partial charge in [-0.1, -0.05) is 23.4 Å². The lowest BCUT2D eigenvalue weighted by molar-refractivity contribution is 0.0991. The summed E-state index contributed by atoms with van der Waals surface area (Å²) in [4.78, 5) is 22.6. The number of carbonyl (C=O) groups is 1. The molecule has 1 aromatic carbocycles. The summed E-state index contributed by atoms with van der Waals surface area (Å²) >= 11 is 0. The molecule has 0 unspecified atom stereocenters. The van der Waals surface area contributed by atoms with Gasteiger partial charge in [-0.2, -0.15) is 0 Å². The van der Waals surface area contributed by atoms with Crippen LogP contribution in [0.25, 0.3) is 11.1 Å². The van der Waals surface area contributed by atoms with Crippen LogP contribution in [0.15, 0.2) is 84.0 Å². The molecule has 0 aliphatic carbocycles. The second-order valence-corrected chi connectivity index (χ2v) is 6.10. The number of benzene rings is 1. The van der Waals surface area contributed by atoms with Crippen LogP contribution < -0.4 is 10.2 Å². The maximum atomic E-state index is 12.5. The number of para-hydroxylation sites is 1. The Hall–Kier alpha value is -4.00. The summed E-state index contributed by atoms with van der Waals surface area (Å²) in [5, 5.41) is 6.85. The van der Waals surface area contributed by atoms with Crippen LogP contribution in [0, 0.1) is 0 Å². The van der Waals surface area contributed by atoms with Crippen LogP contribution >= 0.6 is 0 Å². The number of hydrogen-bond acceptors (Lipinski definition) is 6. The number of carbonyl (C=O) groups excluding carboxylic acids is 1. The van der Waals surface area contributed by atoms with Crippen molar-refractivity contribution in [2.75, 3.05) is 17.3 Å². The van der Waals surface area contributed by atoms with E-state index < -0.39 is 0 Å². The highest BCUT2D eigenvalue weighted by Gasteiger charge is 2.17. The molecule has 3 aromatic heterocycles. The first-order valence-electron chi connectivity index (χ1n) is 8.63. The van der Waals surface area contributed by atoms with E-state index in [9.17, 15) is 4.79 Å². The summed E-state index contributed by atoms with van der Waals surface area (Å²) in [6.45, 7) is 0. The zero-order chi connectivity index (χ0) is 19.3. The summed E-state index contributed by atoms with van der Waals surface area (Å²) in [6, 6.07) is 17.5. The van der Waals surface area contributed by atoms with E-state index in [4.69, 9.17) is 4.52 Å². The molecule has 0 saturated heterocycles. The average Bonchev–Trinajstić information content (AvgIpc) is 3.29. The summed E-state index contributed by atoms with van der Waals surface area (Å²) in [6.07, 6.45) is 6.11. The molecule has 7 heteroatoms. The molecular weight excluding hydrogens is 354 g/mol. The lowest BCUT2D eigenvalue weighted by atomic mass is 10.1. The molecule has 138 valence electrons. The summed E-state index contributed by atoms with van der Waals surface area (Å²) < 4.78 is 4.74. The van der Waals surface area contributed by atoms with Gasteiger partial charge < -0.3 is 9.84 Å². The molecule has 0 spiro atoms. The largest absolute Gasteiger partial charge is 0.364 e. The molecule has 0 aliphatic rings. The van der Waals surface area contributed by atoms with Gasteiger partial charge in [0.25, 0.3) is 5.91 Å². The molecule has 0 atom stereocenters. The second kappa shape index (κ2) is 7.71. The van der Waals surface area contributed by atoms with Gasteiger partial charge >= 0.3 is 0 Å². The SMILES string of the molecule is CN(C(=O)c1cnoc1)c1cc(-c2ccnc(Nc3ccccc3)c2)ccn1. The van der Waals surface area contributed by atoms with Crippen molar-refractivity contribution in [2.24, 2.45) is 0 Å². The van der Waals surface area contributed by atoms with Gasteiger partial charge in [0, 0.05) is 25.1 Å². The normalized spacial score (nSPS) is 10.5. The predicted octanol–water partition coefficient (Wildman–Crippen LogP) is 4.15. The van der Waals surface area contributed by atoms with Crippen molar-refractivity contribution >= 4 is 23.2 Å². The van der Waals surface area contributed by atoms with Crippen molar-refractivity contribution < 1.29 is 9.32 Å². The van der Waals surface area contributed by atoms with Crippen molar-refractivity contribution in [2.45, 2.75) is 0 Å². The number of nitrogens with one attached hydrogen (secondary N) is 1. The molecule has 4 aromatic rings. The van der Waals surface area contributed by atoms with Gasteiger partial charge in [-0.3, -0.25) is 9.69 Å². The minimum Gasteiger partial charge on any atom is -0.364 e. The molecule has 0 radical (unpaired) electrons. The number of hydrogen-bond donors (Lipinski definition) is 1. The van der Waals surface area contributed by atoms with Gasteiger partial charge in [0.1, 0.15) is 17.9 Å². The molecule has 0 aliphatic heterocycles. The van der Waals surface area contributed by atoms with Gasteiger partial charge in [-0.05, 0) is 47.5 Å². The lowest BCUT2D eigenvalue weighted by Gasteiger charge is -2.16. The van der Waals surface area contributed by atoms with Crippen molar-refractivity contribution in [3.05, 3.63) is 85.0 Å². The fraction of sp³-hybridized carbons (Fsp3) is 0.0476. The summed E-state index contributed by atoms with van der Waals surface area (Å²) in [5.74, 6) is 1.01. The van der Waals surface area contributed by atoms with Crippen molar-refractivity contribution in [3.63, 3.8) is 0 Å². The van der Waals surface area contributed by atoms with E-state index in [1.807, 2.05) is 54.6 Å². The average molecular weight is 371 g/mol. The Bertz CT molecular complexity index is 1080. The number of aromatic nitrogens is 3. The first kappa shape index (κ1) is 17.4. The van der Waals surface area contributed by atoms with E-state index in [-0.39, 0.29) is 5.91 Å². The van der Waals surface area contributed by atoms with Crippen LogP contribution in [0.2, 0.25) is 0 Å². The third kappa shape index (κ3) is 3.73. The maximum absolute atomic E-state index is 12.5. The summed E-state index contributed by atoms with van der Waals surface area (Å²) in [7, 11) is 1.66. The Morgan fingerprint density at radius 2 is 1.75 bits per heavy atom. The van der Waals surface area contributed by atoms with Crippen LogP contribution in [-0.2, 0) is 0 Å². The zero-order valence-corrected chi connectivity index (χ0v) is 15.1. The Labute approximate surface area is 161 Å². The van der Waals surface area contributed by atoms with Crippen LogP contribution in [-0.4, -0.2) is 28.1 Å². The van der Waals surface area contributed by atoms with Crippen LogP contribution in [0.4, 0.5) is 17.3 Å². The van der Waals surface area contributed by atoms with Crippen LogP contribution in [0.1, 0.15) is 10.4 Å². The van der Waals surface area contributed by atoms with Gasteiger partial charge in [-0.25, -0.2) is 9.97 Å². The van der Waals surface area contributed by atoms with E-state index in [0.29, 0.717) is 11.4 Å². The first-order valence-corrected chi connectivity index (χ1v) is 8.63. The molecule has 1 amide bonds. The van der Waals surface area contributed by atoms with Crippen molar-refractivity contribution in [1.29, 1.82) is 0 Å². The minimum atomic E-state index is -0.243. The fourth-order valence-corrected chi connectivity index (χ4v) is 2.74. The number of pyridine rings is 2. The molecule has 4 rings (SSSR count). The monoisotopic (exact) mass is 371 g/mol. The third-order valence-corrected chi connectivity index (χ3v) is 4.21. The smallest absolute Gasteiger partial charge is 0.264 e. The van der Waals surface area contributed by atoms with E-state index in [0.717, 1.165) is 22.6 Å². The number of rotatable bonds is 5. The molecule has 7 nitrogen and oxygen atoms in total. The fourth-order valence-electron chi connectivity index (χ4n) is 2.74. The molecule has 28 heavy (non-hydrogen) atoms. The van der Waals surface area contributed by atoms with E-state index in [1.165, 1.54) is 17.4 Å². The van der Waals surface area contributed by atoms with Crippen LogP contribution in [0.5, 0.6) is 0 Å². The van der Waals surface area contributed by atoms with E-state index in [1.54, 1.807) is 19.4 Å². The molecule has 0 bridgehead atoms. The first-order chi connectivity index (χ1) is 13.7. The van der Waals surface area contributed by atoms with E-state index >= 15 is 0 Å². The van der Waals surface area contributed by atoms with Crippen molar-refractivity contribution in [3.8, 4) is 11.1 Å². The highest BCUT2D eigenvalue weighted by atomic mass is 16.5. The second-order valence-electron chi connectivity index (χ2n) is 6.10. The van der Waals surface area contributed by atoms with Gasteiger partial charge in [0.05, 0.1) is 11.8 Å². The quantitative estimate of drug-likeness (QED) is 0.567. The van der Waals surface area contributed by atoms with Gasteiger partial charge in [0.2, 0.25) is 0 Å². The Morgan fingerprint density at radius 3 is 2.50 bits per heavy atom. The molecule has 3 heterocycles. The lowest BCUT2D eigenvalue weighted by Crippen LogP contribution is -2.26. The maximum Gasteiger partial charge on any atom is 0.264 e. The Morgan fingerprint density at radius 1 is 1.00 bits per heavy atom. The summed E-state index contributed by atoms with van der Waals surface area (Å²) in [5.41, 5.74) is 3.21. The Balaban J connectivity index is 1.59. The standard InChI is InChI=1S/C21H17N5O2/c1-26(21(27)17-13-24-28-14-17)20-12-16(8-10-23-20)15-7-9-22-19(11-15)25-18-5-3-2-4-6-18/h2-14H,1H3,(H,22,25). The van der Waals surface area contributed by atoms with Gasteiger partial charge in [0.15, 0.2) is 0 Å². The predicted molar refractivity (Wildman–Crippen MR) is 106 cm³/mol.